The summed E-state index contributed by atoms with van der Waals surface area (Å²) < 4.78 is 1.98. The average molecular weight is 271 g/mol. The van der Waals surface area contributed by atoms with E-state index in [2.05, 4.69) is 46.2 Å². The second-order valence-electron chi connectivity index (χ2n) is 5.48. The monoisotopic (exact) mass is 271 g/mol. The van der Waals surface area contributed by atoms with E-state index >= 15 is 0 Å². The van der Waals surface area contributed by atoms with Crippen LogP contribution in [0.1, 0.15) is 11.6 Å². The summed E-state index contributed by atoms with van der Waals surface area (Å²) in [6.45, 7) is 4.20. The topological polar surface area (TPSA) is 50.3 Å². The first-order chi connectivity index (χ1) is 9.72. The summed E-state index contributed by atoms with van der Waals surface area (Å²) in [4.78, 5) is 4.79. The zero-order valence-corrected chi connectivity index (χ0v) is 11.8. The van der Waals surface area contributed by atoms with Crippen LogP contribution >= 0.6 is 0 Å². The maximum atomic E-state index is 5.82. The number of nitrogens with zero attached hydrogens (tertiary/aromatic N) is 4. The molecule has 1 saturated heterocycles. The largest absolute Gasteiger partial charge is 0.396 e. The van der Waals surface area contributed by atoms with Gasteiger partial charge in [0.05, 0.1) is 24.6 Å². The lowest BCUT2D eigenvalue weighted by Crippen LogP contribution is -2.31. The van der Waals surface area contributed by atoms with Gasteiger partial charge in [-0.2, -0.15) is 5.10 Å². The minimum atomic E-state index is 0.208. The average Bonchev–Trinajstić information content (AvgIpc) is 3.06. The van der Waals surface area contributed by atoms with Crippen molar-refractivity contribution in [2.45, 2.75) is 6.04 Å². The van der Waals surface area contributed by atoms with Gasteiger partial charge in [-0.15, -0.1) is 0 Å². The van der Waals surface area contributed by atoms with Crippen molar-refractivity contribution in [1.29, 1.82) is 0 Å². The Morgan fingerprint density at radius 1 is 1.25 bits per heavy atom. The molecule has 2 heterocycles. The Kier molecular flexibility index (Phi) is 3.71. The van der Waals surface area contributed by atoms with Gasteiger partial charge in [-0.05, 0) is 12.6 Å². The van der Waals surface area contributed by atoms with Crippen LogP contribution in [-0.2, 0) is 0 Å². The van der Waals surface area contributed by atoms with Crippen LogP contribution in [0.5, 0.6) is 0 Å². The van der Waals surface area contributed by atoms with Gasteiger partial charge in [0.2, 0.25) is 0 Å². The van der Waals surface area contributed by atoms with Gasteiger partial charge in [-0.3, -0.25) is 14.5 Å². The number of hydrogen-bond acceptors (Lipinski definition) is 4. The van der Waals surface area contributed by atoms with E-state index in [1.54, 1.807) is 6.20 Å². The highest BCUT2D eigenvalue weighted by Gasteiger charge is 2.23. The van der Waals surface area contributed by atoms with Crippen molar-refractivity contribution in [3.05, 3.63) is 48.3 Å². The SMILES string of the molecule is CN1CCN(CC(c2ccccc2)n2cc(N)cn2)C1. The van der Waals surface area contributed by atoms with Gasteiger partial charge >= 0.3 is 0 Å². The molecule has 1 aliphatic heterocycles. The Morgan fingerprint density at radius 2 is 2.05 bits per heavy atom. The van der Waals surface area contributed by atoms with E-state index in [0.29, 0.717) is 5.69 Å². The Bertz CT molecular complexity index is 550. The van der Waals surface area contributed by atoms with E-state index < -0.39 is 0 Å². The number of nitrogen functional groups attached to an aromatic ring is 1. The lowest BCUT2D eigenvalue weighted by molar-refractivity contribution is 0.245. The Balaban J connectivity index is 1.84. The predicted molar refractivity (Wildman–Crippen MR) is 80.3 cm³/mol. The van der Waals surface area contributed by atoms with E-state index in [1.165, 1.54) is 5.56 Å². The number of anilines is 1. The Labute approximate surface area is 119 Å². The van der Waals surface area contributed by atoms with Crippen LogP contribution in [0.15, 0.2) is 42.7 Å². The molecule has 0 amide bonds. The molecule has 0 aliphatic carbocycles. The molecule has 106 valence electrons. The van der Waals surface area contributed by atoms with Crippen molar-refractivity contribution < 1.29 is 0 Å². The molecule has 0 bridgehead atoms. The molecular weight excluding hydrogens is 250 g/mol. The third-order valence-corrected chi connectivity index (χ3v) is 3.80. The molecule has 20 heavy (non-hydrogen) atoms. The number of hydrogen-bond donors (Lipinski definition) is 1. The van der Waals surface area contributed by atoms with E-state index in [0.717, 1.165) is 26.3 Å². The van der Waals surface area contributed by atoms with E-state index in [9.17, 15) is 0 Å². The maximum absolute atomic E-state index is 5.82. The molecule has 1 atom stereocenters. The van der Waals surface area contributed by atoms with Gasteiger partial charge in [0.15, 0.2) is 0 Å². The summed E-state index contributed by atoms with van der Waals surface area (Å²) >= 11 is 0. The van der Waals surface area contributed by atoms with Gasteiger partial charge < -0.3 is 5.73 Å². The summed E-state index contributed by atoms with van der Waals surface area (Å²) in [5.41, 5.74) is 7.80. The number of benzene rings is 1. The lowest BCUT2D eigenvalue weighted by Gasteiger charge is -2.24. The smallest absolute Gasteiger partial charge is 0.0896 e. The number of likely N-dealkylation sites (N-methyl/N-ethyl adjacent to an activating group) is 1. The molecule has 1 aromatic carbocycles. The summed E-state index contributed by atoms with van der Waals surface area (Å²) in [6, 6.07) is 10.7. The fourth-order valence-corrected chi connectivity index (χ4v) is 2.73. The highest BCUT2D eigenvalue weighted by atomic mass is 15.4. The minimum absolute atomic E-state index is 0.208. The summed E-state index contributed by atoms with van der Waals surface area (Å²) in [5.74, 6) is 0. The molecule has 1 unspecified atom stereocenters. The van der Waals surface area contributed by atoms with Crippen molar-refractivity contribution in [3.63, 3.8) is 0 Å². The molecule has 0 spiro atoms. The first-order valence-electron chi connectivity index (χ1n) is 6.98. The maximum Gasteiger partial charge on any atom is 0.0896 e. The van der Waals surface area contributed by atoms with Gasteiger partial charge in [-0.25, -0.2) is 0 Å². The Morgan fingerprint density at radius 3 is 2.65 bits per heavy atom. The fourth-order valence-electron chi connectivity index (χ4n) is 2.73. The molecule has 1 aliphatic rings. The summed E-state index contributed by atoms with van der Waals surface area (Å²) in [6.07, 6.45) is 3.63. The molecular formula is C15H21N5. The van der Waals surface area contributed by atoms with Crippen molar-refractivity contribution in [2.24, 2.45) is 0 Å². The molecule has 5 nitrogen and oxygen atoms in total. The van der Waals surface area contributed by atoms with Gasteiger partial charge in [0, 0.05) is 25.8 Å². The third kappa shape index (κ3) is 2.84. The zero-order valence-electron chi connectivity index (χ0n) is 11.8. The van der Waals surface area contributed by atoms with Crippen LogP contribution in [0, 0.1) is 0 Å². The van der Waals surface area contributed by atoms with Crippen molar-refractivity contribution >= 4 is 5.69 Å². The summed E-state index contributed by atoms with van der Waals surface area (Å²) in [5, 5.41) is 4.40. The van der Waals surface area contributed by atoms with E-state index in [-0.39, 0.29) is 6.04 Å². The molecule has 5 heteroatoms. The first kappa shape index (κ1) is 13.1. The highest BCUT2D eigenvalue weighted by Crippen LogP contribution is 2.21. The standard InChI is InChI=1S/C15H21N5/c1-18-7-8-19(12-18)11-15(13-5-3-2-4-6-13)20-10-14(16)9-17-20/h2-6,9-10,15H,7-8,11-12,16H2,1H3. The van der Waals surface area contributed by atoms with Crippen molar-refractivity contribution in [2.75, 3.05) is 39.1 Å². The molecule has 0 saturated carbocycles. The minimum Gasteiger partial charge on any atom is -0.396 e. The number of aromatic nitrogens is 2. The van der Waals surface area contributed by atoms with Crippen LogP contribution < -0.4 is 5.73 Å². The van der Waals surface area contributed by atoms with Gasteiger partial charge in [0.1, 0.15) is 0 Å². The zero-order chi connectivity index (χ0) is 13.9. The fraction of sp³-hybridized carbons (Fsp3) is 0.400. The van der Waals surface area contributed by atoms with Crippen molar-refractivity contribution in [3.8, 4) is 0 Å². The van der Waals surface area contributed by atoms with Crippen molar-refractivity contribution in [1.82, 2.24) is 19.6 Å². The molecule has 2 N–H and O–H groups in total. The quantitative estimate of drug-likeness (QED) is 0.909. The Hall–Kier alpha value is -1.85. The first-order valence-corrected chi connectivity index (χ1v) is 6.98. The second-order valence-corrected chi connectivity index (χ2v) is 5.48. The number of rotatable bonds is 4. The molecule has 0 radical (unpaired) electrons. The summed E-state index contributed by atoms with van der Waals surface area (Å²) in [7, 11) is 2.16. The lowest BCUT2D eigenvalue weighted by atomic mass is 10.1. The predicted octanol–water partition coefficient (Wildman–Crippen LogP) is 1.26. The number of nitrogens with two attached hydrogens (primary N) is 1. The van der Waals surface area contributed by atoms with Crippen LogP contribution in [0.25, 0.3) is 0 Å². The van der Waals surface area contributed by atoms with Crippen LogP contribution in [0.3, 0.4) is 0 Å². The van der Waals surface area contributed by atoms with Gasteiger partial charge in [-0.1, -0.05) is 30.3 Å². The van der Waals surface area contributed by atoms with Gasteiger partial charge in [0.25, 0.3) is 0 Å². The molecule has 2 aromatic rings. The normalized spacial score (nSPS) is 18.4. The van der Waals surface area contributed by atoms with Crippen LogP contribution in [-0.4, -0.2) is 52.9 Å². The molecule has 1 aromatic heterocycles. The second kappa shape index (κ2) is 5.64. The van der Waals surface area contributed by atoms with Crippen LogP contribution in [0.4, 0.5) is 5.69 Å². The van der Waals surface area contributed by atoms with Crippen LogP contribution in [0.2, 0.25) is 0 Å². The molecule has 3 rings (SSSR count). The molecule has 1 fully saturated rings. The highest BCUT2D eigenvalue weighted by molar-refractivity contribution is 5.32. The van der Waals surface area contributed by atoms with E-state index in [1.807, 2.05) is 16.9 Å². The van der Waals surface area contributed by atoms with E-state index in [4.69, 9.17) is 5.73 Å². The third-order valence-electron chi connectivity index (χ3n) is 3.80.